The van der Waals surface area contributed by atoms with Gasteiger partial charge in [-0.3, -0.25) is 14.3 Å². The molecule has 8 nitrogen and oxygen atoms in total. The molecule has 10 heteroatoms. The van der Waals surface area contributed by atoms with Crippen LogP contribution in [0.4, 0.5) is 15.9 Å². The molecule has 36 heavy (non-hydrogen) atoms. The minimum atomic E-state index is -1.23. The number of nitrogens with one attached hydrogen (secondary N) is 2. The smallest absolute Gasteiger partial charge is 0.261 e. The Bertz CT molecular complexity index is 1390. The average Bonchev–Trinajstić information content (AvgIpc) is 3.26. The Labute approximate surface area is 212 Å². The van der Waals surface area contributed by atoms with Gasteiger partial charge in [-0.25, -0.2) is 4.39 Å². The van der Waals surface area contributed by atoms with Gasteiger partial charge in [0.15, 0.2) is 5.82 Å². The monoisotopic (exact) mass is 508 g/mol. The molecule has 2 aromatic heterocycles. The van der Waals surface area contributed by atoms with E-state index in [1.165, 1.54) is 6.20 Å². The van der Waals surface area contributed by atoms with Crippen LogP contribution in [0.25, 0.3) is 10.9 Å². The van der Waals surface area contributed by atoms with E-state index >= 15 is 4.39 Å². The number of alkyl halides is 1. The lowest BCUT2D eigenvalue weighted by Gasteiger charge is -2.39. The topological polar surface area (TPSA) is 107 Å². The summed E-state index contributed by atoms with van der Waals surface area (Å²) in [6, 6.07) is 9.31. The molecule has 0 spiro atoms. The van der Waals surface area contributed by atoms with E-state index in [-0.39, 0.29) is 17.9 Å². The van der Waals surface area contributed by atoms with Crippen molar-refractivity contribution in [2.24, 2.45) is 0 Å². The van der Waals surface area contributed by atoms with Crippen molar-refractivity contribution < 1.29 is 9.18 Å². The molecule has 1 aromatic carbocycles. The van der Waals surface area contributed by atoms with Crippen molar-refractivity contribution in [3.63, 3.8) is 0 Å². The van der Waals surface area contributed by atoms with Crippen molar-refractivity contribution >= 4 is 40.1 Å². The number of thioether (sulfide) groups is 1. The maximum atomic E-state index is 15.4. The van der Waals surface area contributed by atoms with Crippen LogP contribution in [-0.4, -0.2) is 56.3 Å². The SMILES string of the molecule is Cc1cc(Nc2nn([C@@]3(CC#N)CCCC[C@H]3F)c3cc[nH]c(=O)c23)ccc1C(=O)N1CCSCC1. The summed E-state index contributed by atoms with van der Waals surface area (Å²) < 4.78 is 17.0. The van der Waals surface area contributed by atoms with Gasteiger partial charge >= 0.3 is 0 Å². The number of pyridine rings is 1. The van der Waals surface area contributed by atoms with Crippen molar-refractivity contribution in [2.45, 2.75) is 50.7 Å². The normalized spacial score (nSPS) is 22.4. The third-order valence-corrected chi connectivity index (χ3v) is 8.27. The summed E-state index contributed by atoms with van der Waals surface area (Å²) in [7, 11) is 0. The Kier molecular flexibility index (Phi) is 6.75. The lowest BCUT2D eigenvalue weighted by molar-refractivity contribution is 0.0612. The Morgan fingerprint density at radius 1 is 1.33 bits per heavy atom. The van der Waals surface area contributed by atoms with E-state index in [2.05, 4.69) is 21.5 Å². The van der Waals surface area contributed by atoms with Gasteiger partial charge in [-0.1, -0.05) is 12.8 Å². The molecule has 2 atom stereocenters. The number of hydrogen-bond donors (Lipinski definition) is 2. The summed E-state index contributed by atoms with van der Waals surface area (Å²) in [6.07, 6.45) is 2.66. The van der Waals surface area contributed by atoms with Crippen LogP contribution in [-0.2, 0) is 5.54 Å². The molecule has 3 aromatic rings. The highest BCUT2D eigenvalue weighted by molar-refractivity contribution is 7.99. The number of halogens is 1. The number of nitriles is 1. The number of amides is 1. The number of aryl methyl sites for hydroxylation is 1. The highest BCUT2D eigenvalue weighted by Gasteiger charge is 2.45. The maximum absolute atomic E-state index is 15.4. The average molecular weight is 509 g/mol. The third-order valence-electron chi connectivity index (χ3n) is 7.33. The number of H-pyrrole nitrogens is 1. The fourth-order valence-corrected chi connectivity index (χ4v) is 6.29. The fourth-order valence-electron chi connectivity index (χ4n) is 5.39. The van der Waals surface area contributed by atoms with E-state index in [0.29, 0.717) is 40.8 Å². The van der Waals surface area contributed by atoms with Crippen LogP contribution >= 0.6 is 11.8 Å². The molecule has 1 amide bonds. The van der Waals surface area contributed by atoms with Gasteiger partial charge in [-0.2, -0.15) is 22.1 Å². The van der Waals surface area contributed by atoms with E-state index in [1.54, 1.807) is 22.9 Å². The number of aromatic nitrogens is 3. The standard InChI is InChI=1S/C26H29FN6O2S/c1-17-16-18(5-6-19(17)25(35)32-12-14-36-15-13-32)30-23-22-20(7-11-29-24(22)34)33(31-23)26(9-10-28)8-3-2-4-21(26)27/h5-7,11,16,21H,2-4,8-9,12-15H2,1H3,(H,29,34)(H,30,31)/t21-,26-/m1/s1. The fraction of sp³-hybridized carbons (Fsp3) is 0.462. The van der Waals surface area contributed by atoms with Crippen LogP contribution in [0, 0.1) is 18.3 Å². The lowest BCUT2D eigenvalue weighted by Crippen LogP contribution is -2.45. The number of rotatable bonds is 5. The van der Waals surface area contributed by atoms with E-state index in [0.717, 1.165) is 43.0 Å². The summed E-state index contributed by atoms with van der Waals surface area (Å²) in [5.74, 6) is 2.22. The first kappa shape index (κ1) is 24.4. The van der Waals surface area contributed by atoms with Gasteiger partial charge in [0, 0.05) is 42.0 Å². The van der Waals surface area contributed by atoms with Gasteiger partial charge in [-0.05, 0) is 49.6 Å². The summed E-state index contributed by atoms with van der Waals surface area (Å²) in [6.45, 7) is 3.38. The quantitative estimate of drug-likeness (QED) is 0.526. The van der Waals surface area contributed by atoms with E-state index in [9.17, 15) is 14.9 Å². The van der Waals surface area contributed by atoms with E-state index in [4.69, 9.17) is 0 Å². The third kappa shape index (κ3) is 4.26. The highest BCUT2D eigenvalue weighted by Crippen LogP contribution is 2.42. The van der Waals surface area contributed by atoms with Crippen molar-refractivity contribution in [1.29, 1.82) is 5.26 Å². The molecule has 1 saturated carbocycles. The molecule has 5 rings (SSSR count). The van der Waals surface area contributed by atoms with Crippen LogP contribution in [0.3, 0.4) is 0 Å². The van der Waals surface area contributed by atoms with Gasteiger partial charge in [0.05, 0.1) is 18.0 Å². The molecule has 2 fully saturated rings. The number of benzene rings is 1. The predicted octanol–water partition coefficient (Wildman–Crippen LogP) is 4.49. The van der Waals surface area contributed by atoms with Crippen molar-refractivity contribution in [3.05, 3.63) is 51.9 Å². The zero-order chi connectivity index (χ0) is 25.3. The molecule has 3 heterocycles. The van der Waals surface area contributed by atoms with Crippen LogP contribution in [0.5, 0.6) is 0 Å². The van der Waals surface area contributed by atoms with Crippen molar-refractivity contribution in [3.8, 4) is 6.07 Å². The first-order valence-electron chi connectivity index (χ1n) is 12.3. The minimum Gasteiger partial charge on any atom is -0.338 e. The minimum absolute atomic E-state index is 0.0234. The van der Waals surface area contributed by atoms with Gasteiger partial charge in [0.25, 0.3) is 11.5 Å². The molecule has 0 bridgehead atoms. The first-order valence-corrected chi connectivity index (χ1v) is 13.5. The summed E-state index contributed by atoms with van der Waals surface area (Å²) in [5.41, 5.74) is 1.17. The molecule has 188 valence electrons. The van der Waals surface area contributed by atoms with Crippen LogP contribution < -0.4 is 10.9 Å². The van der Waals surface area contributed by atoms with Gasteiger partial charge in [-0.15, -0.1) is 0 Å². The van der Waals surface area contributed by atoms with Crippen molar-refractivity contribution in [1.82, 2.24) is 19.7 Å². The number of carbonyl (C=O) groups is 1. The molecule has 2 N–H and O–H groups in total. The second-order valence-electron chi connectivity index (χ2n) is 9.54. The molecule has 1 aliphatic heterocycles. The highest BCUT2D eigenvalue weighted by atomic mass is 32.2. The van der Waals surface area contributed by atoms with Crippen molar-refractivity contribution in [2.75, 3.05) is 29.9 Å². The molecule has 1 aliphatic carbocycles. The first-order chi connectivity index (χ1) is 17.4. The Morgan fingerprint density at radius 3 is 2.86 bits per heavy atom. The van der Waals surface area contributed by atoms with E-state index in [1.807, 2.05) is 29.7 Å². The predicted molar refractivity (Wildman–Crippen MR) is 140 cm³/mol. The number of hydrogen-bond acceptors (Lipinski definition) is 6. The summed E-state index contributed by atoms with van der Waals surface area (Å²) in [4.78, 5) is 30.4. The van der Waals surface area contributed by atoms with Crippen LogP contribution in [0.1, 0.15) is 48.0 Å². The second-order valence-corrected chi connectivity index (χ2v) is 10.8. The molecule has 1 saturated heterocycles. The Morgan fingerprint density at radius 2 is 2.14 bits per heavy atom. The number of anilines is 2. The van der Waals surface area contributed by atoms with E-state index < -0.39 is 11.7 Å². The number of carbonyl (C=O) groups excluding carboxylic acids is 1. The van der Waals surface area contributed by atoms with Gasteiger partial charge in [0.2, 0.25) is 0 Å². The van der Waals surface area contributed by atoms with Gasteiger partial charge in [0.1, 0.15) is 17.1 Å². The zero-order valence-corrected chi connectivity index (χ0v) is 21.0. The number of fused-ring (bicyclic) bond motifs is 1. The molecule has 0 radical (unpaired) electrons. The second kappa shape index (κ2) is 9.97. The molecule has 2 aliphatic rings. The summed E-state index contributed by atoms with van der Waals surface area (Å²) >= 11 is 1.85. The Hall–Kier alpha value is -3.32. The zero-order valence-electron chi connectivity index (χ0n) is 20.2. The summed E-state index contributed by atoms with van der Waals surface area (Å²) in [5, 5.41) is 17.8. The number of nitrogens with zero attached hydrogens (tertiary/aromatic N) is 4. The van der Waals surface area contributed by atoms with Crippen LogP contribution in [0.15, 0.2) is 35.3 Å². The lowest BCUT2D eigenvalue weighted by atomic mass is 9.78. The Balaban J connectivity index is 1.52. The largest absolute Gasteiger partial charge is 0.338 e. The molecule has 0 unspecified atom stereocenters. The molecular formula is C26H29FN6O2S. The number of aromatic amines is 1. The van der Waals surface area contributed by atoms with Crippen LogP contribution in [0.2, 0.25) is 0 Å². The van der Waals surface area contributed by atoms with Gasteiger partial charge < -0.3 is 15.2 Å². The molecular weight excluding hydrogens is 479 g/mol. The maximum Gasteiger partial charge on any atom is 0.261 e.